The van der Waals surface area contributed by atoms with Crippen LogP contribution >= 0.6 is 12.2 Å². The summed E-state index contributed by atoms with van der Waals surface area (Å²) in [6.45, 7) is 1.69. The predicted octanol–water partition coefficient (Wildman–Crippen LogP) is 4.69. The highest BCUT2D eigenvalue weighted by molar-refractivity contribution is 7.80. The van der Waals surface area contributed by atoms with Gasteiger partial charge < -0.3 is 19.4 Å². The third-order valence-corrected chi connectivity index (χ3v) is 9.09. The molecule has 0 saturated heterocycles. The lowest BCUT2D eigenvalue weighted by Crippen LogP contribution is -2.53. The molecule has 2 aliphatic rings. The average molecular weight is 677 g/mol. The van der Waals surface area contributed by atoms with Gasteiger partial charge in [0, 0.05) is 28.5 Å². The van der Waals surface area contributed by atoms with E-state index in [1.807, 2.05) is 36.4 Å². The van der Waals surface area contributed by atoms with Crippen molar-refractivity contribution in [1.82, 2.24) is 20.2 Å². The van der Waals surface area contributed by atoms with Gasteiger partial charge in [0.2, 0.25) is 5.60 Å². The quantitative estimate of drug-likeness (QED) is 0.183. The highest BCUT2D eigenvalue weighted by Gasteiger charge is 2.51. The number of hydrogen-bond acceptors (Lipinski definition) is 8. The summed E-state index contributed by atoms with van der Waals surface area (Å²) in [7, 11) is 0. The maximum atomic E-state index is 14.1. The molecule has 0 unspecified atom stereocenters. The van der Waals surface area contributed by atoms with E-state index in [0.717, 1.165) is 34.2 Å². The van der Waals surface area contributed by atoms with Crippen molar-refractivity contribution in [3.05, 3.63) is 135 Å². The molecule has 0 saturated carbocycles. The Bertz CT molecular complexity index is 2220. The number of cyclic esters (lactones) is 1. The predicted molar refractivity (Wildman–Crippen MR) is 182 cm³/mol. The number of nitrogens with one attached hydrogen (secondary N) is 2. The second-order valence-corrected chi connectivity index (χ2v) is 12.3. The first-order valence-corrected chi connectivity index (χ1v) is 16.1. The first-order chi connectivity index (χ1) is 23.7. The lowest BCUT2D eigenvalue weighted by molar-refractivity contribution is -0.190. The first kappa shape index (κ1) is 31.8. The van der Waals surface area contributed by atoms with Gasteiger partial charge in [-0.25, -0.2) is 19.0 Å². The van der Waals surface area contributed by atoms with E-state index in [-0.39, 0.29) is 46.8 Å². The second kappa shape index (κ2) is 12.7. The molecule has 12 heteroatoms. The van der Waals surface area contributed by atoms with Crippen molar-refractivity contribution in [2.75, 3.05) is 0 Å². The number of pyridine rings is 2. The summed E-state index contributed by atoms with van der Waals surface area (Å²) >= 11 is 5.39. The molecule has 2 aliphatic heterocycles. The number of fused-ring (bicyclic) bond motifs is 5. The van der Waals surface area contributed by atoms with Crippen LogP contribution in [0, 0.1) is 5.82 Å². The van der Waals surface area contributed by atoms with E-state index >= 15 is 0 Å². The van der Waals surface area contributed by atoms with Crippen molar-refractivity contribution < 1.29 is 28.2 Å². The van der Waals surface area contributed by atoms with Crippen LogP contribution in [-0.4, -0.2) is 38.6 Å². The van der Waals surface area contributed by atoms with Crippen molar-refractivity contribution in [3.8, 4) is 11.4 Å². The molecule has 0 aliphatic carbocycles. The van der Waals surface area contributed by atoms with Crippen LogP contribution in [0.15, 0.2) is 95.8 Å². The number of nitrogens with zero attached hydrogens (tertiary/aromatic N) is 2. The molecule has 3 aromatic carbocycles. The number of rotatable bonds is 7. The van der Waals surface area contributed by atoms with Gasteiger partial charge in [-0.05, 0) is 66.7 Å². The second-order valence-electron chi connectivity index (χ2n) is 11.9. The number of ether oxygens (including phenoxy) is 2. The molecule has 2 atom stereocenters. The maximum Gasteiger partial charge on any atom is 0.355 e. The third kappa shape index (κ3) is 5.84. The van der Waals surface area contributed by atoms with Gasteiger partial charge in [0.05, 0.1) is 29.0 Å². The van der Waals surface area contributed by atoms with Gasteiger partial charge in [-0.1, -0.05) is 55.5 Å². The van der Waals surface area contributed by atoms with E-state index in [1.165, 1.54) is 12.1 Å². The van der Waals surface area contributed by atoms with Gasteiger partial charge in [-0.2, -0.15) is 0 Å². The van der Waals surface area contributed by atoms with E-state index in [9.17, 15) is 23.6 Å². The van der Waals surface area contributed by atoms with Gasteiger partial charge in [0.15, 0.2) is 5.11 Å². The van der Waals surface area contributed by atoms with Crippen molar-refractivity contribution in [1.29, 1.82) is 0 Å². The molecule has 0 radical (unpaired) electrons. The number of thiocarbonyl (C=S) groups is 1. The normalized spacial score (nSPS) is 16.5. The summed E-state index contributed by atoms with van der Waals surface area (Å²) < 4.78 is 26.6. The lowest BCUT2D eigenvalue weighted by Gasteiger charge is -2.36. The van der Waals surface area contributed by atoms with Crippen molar-refractivity contribution in [2.24, 2.45) is 0 Å². The number of hydrogen-bond donors (Lipinski definition) is 2. The molecule has 0 spiro atoms. The van der Waals surface area contributed by atoms with E-state index < -0.39 is 35.3 Å². The molecule has 4 heterocycles. The zero-order chi connectivity index (χ0) is 34.3. The highest BCUT2D eigenvalue weighted by Crippen LogP contribution is 2.41. The fourth-order valence-corrected chi connectivity index (χ4v) is 6.57. The third-order valence-electron chi connectivity index (χ3n) is 8.87. The summed E-state index contributed by atoms with van der Waals surface area (Å²) in [6.07, 6.45) is 0.0421. The summed E-state index contributed by atoms with van der Waals surface area (Å²) in [5, 5.41) is 6.11. The van der Waals surface area contributed by atoms with Gasteiger partial charge in [0.1, 0.15) is 18.5 Å². The summed E-state index contributed by atoms with van der Waals surface area (Å²) in [4.78, 5) is 59.3. The van der Waals surface area contributed by atoms with Crippen LogP contribution < -0.4 is 16.2 Å². The van der Waals surface area contributed by atoms with Crippen LogP contribution in [0.2, 0.25) is 0 Å². The molecule has 246 valence electrons. The zero-order valence-corrected chi connectivity index (χ0v) is 27.0. The molecule has 2 N–H and O–H groups in total. The Kier molecular flexibility index (Phi) is 8.25. The summed E-state index contributed by atoms with van der Waals surface area (Å²) in [5.41, 5.74) is 1.77. The minimum absolute atomic E-state index is 0.0325. The first-order valence-electron chi connectivity index (χ1n) is 15.6. The maximum absolute atomic E-state index is 14.1. The smallest absolute Gasteiger partial charge is 0.355 e. The standard InChI is InChI=1S/C37H29FN4O6S/c1-2-37(48-34(45)29(16-21-8-4-3-5-9-21)40-36(49)41-32(43)22-12-14-25(38)15-13-22)27-18-30-31-24(17-23-10-6-7-11-28(23)39-31)19-42(30)33(44)26(27)20-47-35(37)46/h3-15,17-18,29H,2,16,19-20H2,1H3,(H2,40,41,43,49)/t29-,37-/m0/s1. The Balaban J connectivity index is 1.23. The topological polar surface area (TPSA) is 129 Å². The molecule has 7 rings (SSSR count). The van der Waals surface area contributed by atoms with Crippen molar-refractivity contribution in [2.45, 2.75) is 44.6 Å². The van der Waals surface area contributed by atoms with E-state index in [4.69, 9.17) is 26.7 Å². The van der Waals surface area contributed by atoms with Crippen LogP contribution in [-0.2, 0) is 44.2 Å². The van der Waals surface area contributed by atoms with Crippen LogP contribution in [0.4, 0.5) is 4.39 Å². The number of esters is 2. The number of para-hydroxylation sites is 1. The number of halogens is 1. The lowest BCUT2D eigenvalue weighted by atomic mass is 9.85. The average Bonchev–Trinajstić information content (AvgIpc) is 3.46. The minimum Gasteiger partial charge on any atom is -0.457 e. The summed E-state index contributed by atoms with van der Waals surface area (Å²) in [5.74, 6) is -2.79. The Labute approximate surface area is 284 Å². The van der Waals surface area contributed by atoms with Crippen LogP contribution in [0.3, 0.4) is 0 Å². The van der Waals surface area contributed by atoms with E-state index in [0.29, 0.717) is 17.9 Å². The number of carbonyl (C=O) groups is 3. The molecule has 10 nitrogen and oxygen atoms in total. The van der Waals surface area contributed by atoms with Gasteiger partial charge in [0.25, 0.3) is 11.5 Å². The number of amides is 1. The molecular formula is C37H29FN4O6S. The van der Waals surface area contributed by atoms with E-state index in [1.54, 1.807) is 41.8 Å². The SMILES string of the molecule is CC[C@@]1(OC(=O)[C@H](Cc2ccccc2)NC(=S)NC(=O)c2ccc(F)cc2)C(=O)OCc2c1cc1n(c2=O)Cc2cc3ccccc3nc2-1. The van der Waals surface area contributed by atoms with Crippen molar-refractivity contribution >= 4 is 46.1 Å². The number of benzene rings is 3. The molecule has 2 aromatic heterocycles. The Morgan fingerprint density at radius 3 is 2.53 bits per heavy atom. The Morgan fingerprint density at radius 2 is 1.78 bits per heavy atom. The largest absolute Gasteiger partial charge is 0.457 e. The zero-order valence-electron chi connectivity index (χ0n) is 26.2. The minimum atomic E-state index is -1.95. The van der Waals surface area contributed by atoms with Gasteiger partial charge in [-0.3, -0.25) is 14.9 Å². The van der Waals surface area contributed by atoms with Crippen LogP contribution in [0.25, 0.3) is 22.3 Å². The number of carbonyl (C=O) groups excluding carboxylic acids is 3. The van der Waals surface area contributed by atoms with Crippen LogP contribution in [0.5, 0.6) is 0 Å². The molecule has 5 aromatic rings. The van der Waals surface area contributed by atoms with E-state index in [2.05, 4.69) is 10.6 Å². The van der Waals surface area contributed by atoms with Gasteiger partial charge >= 0.3 is 11.9 Å². The number of aromatic nitrogens is 2. The Morgan fingerprint density at radius 1 is 1.04 bits per heavy atom. The highest BCUT2D eigenvalue weighted by atomic mass is 32.1. The fourth-order valence-electron chi connectivity index (χ4n) is 6.34. The summed E-state index contributed by atoms with van der Waals surface area (Å²) in [6, 6.07) is 24.1. The molecule has 1 amide bonds. The van der Waals surface area contributed by atoms with Crippen LogP contribution in [0.1, 0.15) is 46.0 Å². The monoisotopic (exact) mass is 676 g/mol. The fraction of sp³-hybridized carbons (Fsp3) is 0.189. The Hall–Kier alpha value is -5.75. The molecular weight excluding hydrogens is 647 g/mol. The van der Waals surface area contributed by atoms with Gasteiger partial charge in [-0.15, -0.1) is 0 Å². The van der Waals surface area contributed by atoms with Crippen molar-refractivity contribution in [3.63, 3.8) is 0 Å². The molecule has 0 fully saturated rings. The molecule has 0 bridgehead atoms. The molecule has 49 heavy (non-hydrogen) atoms.